The minimum Gasteiger partial charge on any atom is -0.382 e. The van der Waals surface area contributed by atoms with Gasteiger partial charge in [0, 0.05) is 18.3 Å². The molecule has 1 aromatic heterocycles. The van der Waals surface area contributed by atoms with Gasteiger partial charge in [0.2, 0.25) is 5.95 Å². The van der Waals surface area contributed by atoms with Gasteiger partial charge in [-0.05, 0) is 45.6 Å². The van der Waals surface area contributed by atoms with Crippen molar-refractivity contribution in [2.24, 2.45) is 11.7 Å². The highest BCUT2D eigenvalue weighted by Crippen LogP contribution is 2.31. The molecular formula is C13H21N5. The van der Waals surface area contributed by atoms with Gasteiger partial charge in [-0.15, -0.1) is 0 Å². The van der Waals surface area contributed by atoms with Crippen molar-refractivity contribution in [3.8, 4) is 0 Å². The molecule has 5 heteroatoms. The molecule has 0 radical (unpaired) electrons. The van der Waals surface area contributed by atoms with Crippen molar-refractivity contribution in [2.75, 3.05) is 11.4 Å². The van der Waals surface area contributed by atoms with Gasteiger partial charge in [0.15, 0.2) is 0 Å². The average molecular weight is 247 g/mol. The molecule has 0 saturated heterocycles. The molecule has 1 aliphatic rings. The largest absolute Gasteiger partial charge is 0.382 e. The van der Waals surface area contributed by atoms with Crippen molar-refractivity contribution < 1.29 is 0 Å². The number of hydrogen-bond donors (Lipinski definition) is 2. The van der Waals surface area contributed by atoms with E-state index in [1.54, 1.807) is 6.07 Å². The summed E-state index contributed by atoms with van der Waals surface area (Å²) >= 11 is 0. The van der Waals surface area contributed by atoms with Gasteiger partial charge in [-0.2, -0.15) is 0 Å². The first-order valence-corrected chi connectivity index (χ1v) is 6.44. The molecule has 0 atom stereocenters. The van der Waals surface area contributed by atoms with Crippen LogP contribution in [0.25, 0.3) is 0 Å². The number of nitrogens with zero attached hydrogens (tertiary/aromatic N) is 3. The van der Waals surface area contributed by atoms with Gasteiger partial charge in [-0.25, -0.2) is 9.97 Å². The number of nitrogen functional groups attached to an aromatic ring is 1. The summed E-state index contributed by atoms with van der Waals surface area (Å²) < 4.78 is 0. The Bertz CT molecular complexity index is 451. The Balaban J connectivity index is 2.30. The van der Waals surface area contributed by atoms with Crippen molar-refractivity contribution >= 4 is 11.8 Å². The summed E-state index contributed by atoms with van der Waals surface area (Å²) in [6, 6.07) is 2.11. The van der Waals surface area contributed by atoms with E-state index in [1.165, 1.54) is 12.8 Å². The van der Waals surface area contributed by atoms with Crippen LogP contribution in [0.1, 0.15) is 38.1 Å². The lowest BCUT2D eigenvalue weighted by molar-refractivity contribution is 0.626. The molecule has 0 aliphatic heterocycles. The molecule has 1 heterocycles. The smallest absolute Gasteiger partial charge is 0.226 e. The molecule has 0 bridgehead atoms. The van der Waals surface area contributed by atoms with E-state index in [2.05, 4.69) is 28.7 Å². The van der Waals surface area contributed by atoms with E-state index in [4.69, 9.17) is 11.1 Å². The van der Waals surface area contributed by atoms with Crippen molar-refractivity contribution in [3.63, 3.8) is 0 Å². The maximum Gasteiger partial charge on any atom is 0.226 e. The molecule has 3 N–H and O–H groups in total. The van der Waals surface area contributed by atoms with Crippen LogP contribution in [0.3, 0.4) is 0 Å². The molecule has 1 fully saturated rings. The van der Waals surface area contributed by atoms with Gasteiger partial charge < -0.3 is 10.6 Å². The summed E-state index contributed by atoms with van der Waals surface area (Å²) in [5, 5.41) is 7.50. The molecule has 0 amide bonds. The number of rotatable bonds is 5. The van der Waals surface area contributed by atoms with Crippen LogP contribution in [-0.4, -0.2) is 28.4 Å². The summed E-state index contributed by atoms with van der Waals surface area (Å²) in [5.74, 6) is 1.47. The predicted octanol–water partition coefficient (Wildman–Crippen LogP) is 1.69. The zero-order chi connectivity index (χ0) is 13.3. The van der Waals surface area contributed by atoms with Gasteiger partial charge in [0.05, 0.1) is 0 Å². The molecule has 1 saturated carbocycles. The third-order valence-corrected chi connectivity index (χ3v) is 3.15. The minimum atomic E-state index is -0.00289. The molecule has 98 valence electrons. The van der Waals surface area contributed by atoms with E-state index in [-0.39, 0.29) is 5.84 Å². The topological polar surface area (TPSA) is 78.9 Å². The molecular weight excluding hydrogens is 226 g/mol. The number of aromatic nitrogens is 2. The minimum absolute atomic E-state index is 0.00289. The van der Waals surface area contributed by atoms with Crippen molar-refractivity contribution in [3.05, 3.63) is 17.5 Å². The number of anilines is 1. The molecule has 5 nitrogen and oxygen atoms in total. The maximum atomic E-state index is 7.50. The number of aryl methyl sites for hydroxylation is 1. The Hall–Kier alpha value is -1.65. The quantitative estimate of drug-likeness (QED) is 0.613. The average Bonchev–Trinajstić information content (AvgIpc) is 3.08. The number of nitrogens with two attached hydrogens (primary N) is 1. The Morgan fingerprint density at radius 1 is 1.50 bits per heavy atom. The standard InChI is InChI=1S/C13H21N5/c1-8(2)18(7-10-4-5-10)13-16-9(3)6-11(17-13)12(14)15/h6,8,10H,4-5,7H2,1-3H3,(H3,14,15). The lowest BCUT2D eigenvalue weighted by Gasteiger charge is -2.27. The second kappa shape index (κ2) is 4.92. The Labute approximate surface area is 108 Å². The highest BCUT2D eigenvalue weighted by molar-refractivity contribution is 5.93. The summed E-state index contributed by atoms with van der Waals surface area (Å²) in [5.41, 5.74) is 6.88. The molecule has 1 aliphatic carbocycles. The molecule has 18 heavy (non-hydrogen) atoms. The zero-order valence-corrected chi connectivity index (χ0v) is 11.3. The Morgan fingerprint density at radius 3 is 2.67 bits per heavy atom. The monoisotopic (exact) mass is 247 g/mol. The van der Waals surface area contributed by atoms with Gasteiger partial charge in [0.25, 0.3) is 0 Å². The van der Waals surface area contributed by atoms with Crippen molar-refractivity contribution in [2.45, 2.75) is 39.7 Å². The summed E-state index contributed by atoms with van der Waals surface area (Å²) in [4.78, 5) is 11.1. The highest BCUT2D eigenvalue weighted by Gasteiger charge is 2.27. The van der Waals surface area contributed by atoms with Crippen molar-refractivity contribution in [1.82, 2.24) is 9.97 Å². The zero-order valence-electron chi connectivity index (χ0n) is 11.3. The summed E-state index contributed by atoms with van der Waals surface area (Å²) in [7, 11) is 0. The second-order valence-electron chi connectivity index (χ2n) is 5.30. The van der Waals surface area contributed by atoms with Crippen LogP contribution in [0, 0.1) is 18.3 Å². The summed E-state index contributed by atoms with van der Waals surface area (Å²) in [6.45, 7) is 7.19. The van der Waals surface area contributed by atoms with Crippen LogP contribution >= 0.6 is 0 Å². The van der Waals surface area contributed by atoms with Crippen LogP contribution in [0.5, 0.6) is 0 Å². The maximum absolute atomic E-state index is 7.50. The van der Waals surface area contributed by atoms with E-state index in [0.29, 0.717) is 17.7 Å². The third kappa shape index (κ3) is 2.97. The molecule has 0 aromatic carbocycles. The van der Waals surface area contributed by atoms with Crippen LogP contribution in [0.2, 0.25) is 0 Å². The third-order valence-electron chi connectivity index (χ3n) is 3.15. The van der Waals surface area contributed by atoms with Gasteiger partial charge in [0.1, 0.15) is 11.5 Å². The van der Waals surface area contributed by atoms with E-state index in [0.717, 1.165) is 18.2 Å². The van der Waals surface area contributed by atoms with E-state index in [9.17, 15) is 0 Å². The molecule has 1 aromatic rings. The van der Waals surface area contributed by atoms with Crippen LogP contribution in [-0.2, 0) is 0 Å². The first kappa shape index (κ1) is 12.8. The van der Waals surface area contributed by atoms with Crippen molar-refractivity contribution in [1.29, 1.82) is 5.41 Å². The fraction of sp³-hybridized carbons (Fsp3) is 0.615. The fourth-order valence-electron chi connectivity index (χ4n) is 1.92. The number of amidine groups is 1. The van der Waals surface area contributed by atoms with E-state index in [1.807, 2.05) is 6.92 Å². The normalized spacial score (nSPS) is 14.9. The summed E-state index contributed by atoms with van der Waals surface area (Å²) in [6.07, 6.45) is 2.60. The number of nitrogens with one attached hydrogen (secondary N) is 1. The Morgan fingerprint density at radius 2 is 2.17 bits per heavy atom. The van der Waals surface area contributed by atoms with Crippen LogP contribution in [0.4, 0.5) is 5.95 Å². The van der Waals surface area contributed by atoms with Gasteiger partial charge in [-0.1, -0.05) is 0 Å². The lowest BCUT2D eigenvalue weighted by Crippen LogP contribution is -2.35. The first-order valence-electron chi connectivity index (χ1n) is 6.44. The molecule has 2 rings (SSSR count). The Kier molecular flexibility index (Phi) is 3.50. The van der Waals surface area contributed by atoms with Crippen LogP contribution in [0.15, 0.2) is 6.07 Å². The molecule has 0 spiro atoms. The second-order valence-corrected chi connectivity index (χ2v) is 5.30. The SMILES string of the molecule is Cc1cc(C(=N)N)nc(N(CC2CC2)C(C)C)n1. The van der Waals surface area contributed by atoms with E-state index >= 15 is 0 Å². The molecule has 0 unspecified atom stereocenters. The fourth-order valence-corrected chi connectivity index (χ4v) is 1.92. The predicted molar refractivity (Wildman–Crippen MR) is 73.0 cm³/mol. The van der Waals surface area contributed by atoms with Gasteiger partial charge >= 0.3 is 0 Å². The number of hydrogen-bond acceptors (Lipinski definition) is 4. The first-order chi connectivity index (χ1) is 8.47. The lowest BCUT2D eigenvalue weighted by atomic mass is 10.2. The van der Waals surface area contributed by atoms with Gasteiger partial charge in [-0.3, -0.25) is 5.41 Å². The van der Waals surface area contributed by atoms with E-state index < -0.39 is 0 Å². The highest BCUT2D eigenvalue weighted by atomic mass is 15.3. The van der Waals surface area contributed by atoms with Crippen LogP contribution < -0.4 is 10.6 Å².